The zero-order valence-corrected chi connectivity index (χ0v) is 11.1. The van der Waals surface area contributed by atoms with Crippen LogP contribution in [0.25, 0.3) is 10.2 Å². The number of thiazole rings is 1. The number of para-hydroxylation sites is 1. The second-order valence-electron chi connectivity index (χ2n) is 4.11. The van der Waals surface area contributed by atoms with E-state index in [2.05, 4.69) is 4.98 Å². The Morgan fingerprint density at radius 3 is 2.79 bits per heavy atom. The summed E-state index contributed by atoms with van der Waals surface area (Å²) in [5, 5.41) is 9.58. The molecule has 5 nitrogen and oxygen atoms in total. The number of fused-ring (bicyclic) bond motifs is 1. The van der Waals surface area contributed by atoms with Crippen molar-refractivity contribution in [3.8, 4) is 0 Å². The Balaban J connectivity index is 2.15. The van der Waals surface area contributed by atoms with Crippen molar-refractivity contribution in [2.75, 3.05) is 0 Å². The molecule has 0 fully saturated rings. The molecule has 0 amide bonds. The number of aliphatic carboxylic acids is 1. The number of rotatable bonds is 5. The molecule has 19 heavy (non-hydrogen) atoms. The second-order valence-corrected chi connectivity index (χ2v) is 5.22. The van der Waals surface area contributed by atoms with Gasteiger partial charge in [0.05, 0.1) is 21.6 Å². The number of esters is 1. The Morgan fingerprint density at radius 2 is 2.16 bits per heavy atom. The molecular weight excluding hydrogens is 266 g/mol. The van der Waals surface area contributed by atoms with Crippen LogP contribution in [0.5, 0.6) is 0 Å². The molecule has 1 aromatic carbocycles. The van der Waals surface area contributed by atoms with Crippen molar-refractivity contribution >= 4 is 33.5 Å². The van der Waals surface area contributed by atoms with E-state index in [0.717, 1.165) is 15.2 Å². The summed E-state index contributed by atoms with van der Waals surface area (Å²) in [6, 6.07) is 7.67. The first kappa shape index (κ1) is 13.5. The Bertz CT molecular complexity index is 558. The van der Waals surface area contributed by atoms with Crippen LogP contribution in [0.4, 0.5) is 0 Å². The zero-order chi connectivity index (χ0) is 13.8. The van der Waals surface area contributed by atoms with Gasteiger partial charge in [0.2, 0.25) is 0 Å². The number of carboxylic acids is 1. The van der Waals surface area contributed by atoms with Crippen LogP contribution in [0.2, 0.25) is 0 Å². The zero-order valence-electron chi connectivity index (χ0n) is 10.3. The van der Waals surface area contributed by atoms with E-state index in [1.54, 1.807) is 0 Å². The molecule has 0 radical (unpaired) electrons. The minimum Gasteiger partial charge on any atom is -0.481 e. The van der Waals surface area contributed by atoms with Crippen LogP contribution in [0.1, 0.15) is 18.4 Å². The van der Waals surface area contributed by atoms with Crippen LogP contribution in [0, 0.1) is 0 Å². The number of nitrogens with zero attached hydrogens (tertiary/aromatic N) is 1. The molecule has 0 aliphatic carbocycles. The maximum absolute atomic E-state index is 11.0. The summed E-state index contributed by atoms with van der Waals surface area (Å²) in [5.74, 6) is -1.47. The normalized spacial score (nSPS) is 12.3. The third-order valence-electron chi connectivity index (χ3n) is 2.48. The largest absolute Gasteiger partial charge is 0.481 e. The summed E-state index contributed by atoms with van der Waals surface area (Å²) in [4.78, 5) is 26.1. The van der Waals surface area contributed by atoms with Gasteiger partial charge in [-0.2, -0.15) is 0 Å². The van der Waals surface area contributed by atoms with Crippen LogP contribution in [-0.4, -0.2) is 28.1 Å². The first-order valence-electron chi connectivity index (χ1n) is 5.78. The van der Waals surface area contributed by atoms with Gasteiger partial charge in [-0.1, -0.05) is 12.1 Å². The highest BCUT2D eigenvalue weighted by Gasteiger charge is 2.19. The van der Waals surface area contributed by atoms with Crippen LogP contribution < -0.4 is 0 Å². The first-order chi connectivity index (χ1) is 9.04. The van der Waals surface area contributed by atoms with Crippen molar-refractivity contribution < 1.29 is 19.4 Å². The third kappa shape index (κ3) is 3.75. The predicted octanol–water partition coefficient (Wildman–Crippen LogP) is 2.25. The summed E-state index contributed by atoms with van der Waals surface area (Å²) in [6.45, 7) is 1.27. The summed E-state index contributed by atoms with van der Waals surface area (Å²) >= 11 is 1.48. The Kier molecular flexibility index (Phi) is 4.11. The minimum atomic E-state index is -0.993. The third-order valence-corrected chi connectivity index (χ3v) is 3.53. The SMILES string of the molecule is CC(=O)O[C@@H](CC(=O)O)Cc1nc2ccccc2s1. The predicted molar refractivity (Wildman–Crippen MR) is 71.1 cm³/mol. The molecule has 6 heteroatoms. The fourth-order valence-corrected chi connectivity index (χ4v) is 2.82. The Hall–Kier alpha value is -1.95. The summed E-state index contributed by atoms with van der Waals surface area (Å²) in [5.41, 5.74) is 0.874. The minimum absolute atomic E-state index is 0.213. The van der Waals surface area contributed by atoms with Gasteiger partial charge in [-0.05, 0) is 12.1 Å². The summed E-state index contributed by atoms with van der Waals surface area (Å²) in [7, 11) is 0. The average Bonchev–Trinajstić information content (AvgIpc) is 2.68. The van der Waals surface area contributed by atoms with E-state index in [9.17, 15) is 9.59 Å². The fraction of sp³-hybridized carbons (Fsp3) is 0.308. The molecule has 1 aromatic heterocycles. The summed E-state index contributed by atoms with van der Waals surface area (Å²) in [6.07, 6.45) is -0.559. The number of hydrogen-bond donors (Lipinski definition) is 1. The molecular formula is C13H13NO4S. The van der Waals surface area contributed by atoms with E-state index in [0.29, 0.717) is 6.42 Å². The highest BCUT2D eigenvalue weighted by Crippen LogP contribution is 2.23. The van der Waals surface area contributed by atoms with Gasteiger partial charge < -0.3 is 9.84 Å². The molecule has 0 saturated carbocycles. The maximum atomic E-state index is 11.0. The quantitative estimate of drug-likeness (QED) is 0.849. The van der Waals surface area contributed by atoms with Crippen LogP contribution in [0.3, 0.4) is 0 Å². The lowest BCUT2D eigenvalue weighted by Gasteiger charge is -2.13. The molecule has 0 saturated heterocycles. The standard InChI is InChI=1S/C13H13NO4S/c1-8(15)18-9(7-13(16)17)6-12-14-10-4-2-3-5-11(10)19-12/h2-5,9H,6-7H2,1H3,(H,16,17)/t9-/m1/s1. The van der Waals surface area contributed by atoms with Crippen molar-refractivity contribution in [1.29, 1.82) is 0 Å². The van der Waals surface area contributed by atoms with Gasteiger partial charge in [-0.25, -0.2) is 4.98 Å². The number of carboxylic acid groups (broad SMARTS) is 1. The monoisotopic (exact) mass is 279 g/mol. The van der Waals surface area contributed by atoms with E-state index in [4.69, 9.17) is 9.84 Å². The molecule has 2 aromatic rings. The topological polar surface area (TPSA) is 76.5 Å². The smallest absolute Gasteiger partial charge is 0.307 e. The van der Waals surface area contributed by atoms with E-state index in [1.165, 1.54) is 18.3 Å². The highest BCUT2D eigenvalue weighted by atomic mass is 32.1. The van der Waals surface area contributed by atoms with E-state index < -0.39 is 18.0 Å². The number of carbonyl (C=O) groups is 2. The molecule has 2 rings (SSSR count). The van der Waals surface area contributed by atoms with Crippen molar-refractivity contribution in [2.45, 2.75) is 25.9 Å². The fourth-order valence-electron chi connectivity index (χ4n) is 1.79. The van der Waals surface area contributed by atoms with Gasteiger partial charge in [0.25, 0.3) is 0 Å². The second kappa shape index (κ2) is 5.79. The lowest BCUT2D eigenvalue weighted by molar-refractivity contribution is -0.150. The number of aromatic nitrogens is 1. The van der Waals surface area contributed by atoms with E-state index in [-0.39, 0.29) is 6.42 Å². The molecule has 1 atom stereocenters. The van der Waals surface area contributed by atoms with E-state index in [1.807, 2.05) is 24.3 Å². The molecule has 0 bridgehead atoms. The van der Waals surface area contributed by atoms with Gasteiger partial charge >= 0.3 is 11.9 Å². The lowest BCUT2D eigenvalue weighted by atomic mass is 10.2. The van der Waals surface area contributed by atoms with Gasteiger partial charge in [-0.3, -0.25) is 9.59 Å². The van der Waals surface area contributed by atoms with Crippen molar-refractivity contribution in [3.63, 3.8) is 0 Å². The molecule has 1 heterocycles. The van der Waals surface area contributed by atoms with Crippen LogP contribution in [0.15, 0.2) is 24.3 Å². The lowest BCUT2D eigenvalue weighted by Crippen LogP contribution is -2.22. The van der Waals surface area contributed by atoms with Gasteiger partial charge in [0, 0.05) is 13.3 Å². The van der Waals surface area contributed by atoms with Crippen molar-refractivity contribution in [1.82, 2.24) is 4.98 Å². The molecule has 0 aliphatic heterocycles. The van der Waals surface area contributed by atoms with Crippen molar-refractivity contribution in [2.24, 2.45) is 0 Å². The Morgan fingerprint density at radius 1 is 1.42 bits per heavy atom. The maximum Gasteiger partial charge on any atom is 0.307 e. The van der Waals surface area contributed by atoms with Gasteiger partial charge in [0.15, 0.2) is 0 Å². The summed E-state index contributed by atoms with van der Waals surface area (Å²) < 4.78 is 6.04. The molecule has 0 aliphatic rings. The molecule has 100 valence electrons. The van der Waals surface area contributed by atoms with E-state index >= 15 is 0 Å². The first-order valence-corrected chi connectivity index (χ1v) is 6.59. The van der Waals surface area contributed by atoms with Crippen molar-refractivity contribution in [3.05, 3.63) is 29.3 Å². The molecule has 1 N–H and O–H groups in total. The van der Waals surface area contributed by atoms with Crippen LogP contribution >= 0.6 is 11.3 Å². The number of hydrogen-bond acceptors (Lipinski definition) is 5. The molecule has 0 unspecified atom stereocenters. The van der Waals surface area contributed by atoms with Gasteiger partial charge in [-0.15, -0.1) is 11.3 Å². The number of ether oxygens (including phenoxy) is 1. The number of benzene rings is 1. The van der Waals surface area contributed by atoms with Crippen LogP contribution in [-0.2, 0) is 20.7 Å². The Labute approximate surface area is 113 Å². The number of carbonyl (C=O) groups excluding carboxylic acids is 1. The average molecular weight is 279 g/mol. The molecule has 0 spiro atoms. The van der Waals surface area contributed by atoms with Gasteiger partial charge in [0.1, 0.15) is 6.10 Å². The highest BCUT2D eigenvalue weighted by molar-refractivity contribution is 7.18.